The molecule has 0 N–H and O–H groups in total. The molecule has 0 amide bonds. The summed E-state index contributed by atoms with van der Waals surface area (Å²) in [7, 11) is 3.17. The predicted molar refractivity (Wildman–Crippen MR) is 64.6 cm³/mol. The lowest BCUT2D eigenvalue weighted by atomic mass is 10.1. The molecule has 1 saturated heterocycles. The van der Waals surface area contributed by atoms with Crippen LogP contribution in [0.4, 0.5) is 0 Å². The second kappa shape index (κ2) is 5.56. The lowest BCUT2D eigenvalue weighted by Crippen LogP contribution is -1.98. The minimum atomic E-state index is -0.538. The molecular weight excluding hydrogens is 182 g/mol. The van der Waals surface area contributed by atoms with Crippen molar-refractivity contribution in [2.24, 2.45) is 0 Å². The lowest BCUT2D eigenvalue weighted by Gasteiger charge is -2.18. The van der Waals surface area contributed by atoms with Gasteiger partial charge in [-0.2, -0.15) is 0 Å². The van der Waals surface area contributed by atoms with Crippen molar-refractivity contribution in [2.75, 3.05) is 19.0 Å². The highest BCUT2D eigenvalue weighted by atomic mass is 32.1. The van der Waals surface area contributed by atoms with E-state index in [1.54, 1.807) is 0 Å². The van der Waals surface area contributed by atoms with Crippen LogP contribution in [0.2, 0.25) is 0 Å². The van der Waals surface area contributed by atoms with Gasteiger partial charge in [-0.3, -0.25) is 0 Å². The SMILES string of the molecule is C[P+]1(P)CCCCCCCCC1. The minimum absolute atomic E-state index is 0.538. The van der Waals surface area contributed by atoms with E-state index in [0.29, 0.717) is 0 Å². The Hall–Kier alpha value is 0.860. The van der Waals surface area contributed by atoms with Crippen LogP contribution in [0.3, 0.4) is 0 Å². The third-order valence-corrected chi connectivity index (χ3v) is 7.06. The Bertz CT molecular complexity index is 109. The first-order valence-electron chi connectivity index (χ1n) is 5.34. The maximum Gasteiger partial charge on any atom is 0.0609 e. The molecule has 1 atom stereocenters. The Labute approximate surface area is 80.3 Å². The van der Waals surface area contributed by atoms with Gasteiger partial charge in [-0.25, -0.2) is 0 Å². The highest BCUT2D eigenvalue weighted by Gasteiger charge is 2.24. The van der Waals surface area contributed by atoms with E-state index in [4.69, 9.17) is 0 Å². The zero-order valence-corrected chi connectivity index (χ0v) is 10.4. The molecule has 0 radical (unpaired) electrons. The zero-order chi connectivity index (χ0) is 8.86. The van der Waals surface area contributed by atoms with Crippen LogP contribution < -0.4 is 0 Å². The van der Waals surface area contributed by atoms with Gasteiger partial charge in [0.25, 0.3) is 0 Å². The standard InChI is InChI=1S/C10H23P2/c1-12(11)9-7-5-3-2-4-6-8-10-12/h2-11H2,1H3/q+1. The Kier molecular flexibility index (Phi) is 5.07. The Balaban J connectivity index is 2.27. The third-order valence-electron chi connectivity index (χ3n) is 2.84. The molecule has 0 aromatic heterocycles. The van der Waals surface area contributed by atoms with E-state index in [0.717, 1.165) is 0 Å². The highest BCUT2D eigenvalue weighted by molar-refractivity contribution is 8.24. The molecule has 72 valence electrons. The van der Waals surface area contributed by atoms with E-state index >= 15 is 0 Å². The molecule has 1 aliphatic heterocycles. The number of hydrogen-bond acceptors (Lipinski definition) is 0. The molecule has 0 aromatic rings. The second-order valence-electron chi connectivity index (χ2n) is 4.40. The van der Waals surface area contributed by atoms with E-state index in [-0.39, 0.29) is 0 Å². The lowest BCUT2D eigenvalue weighted by molar-refractivity contribution is 0.598. The Morgan fingerprint density at radius 2 is 1.08 bits per heavy atom. The summed E-state index contributed by atoms with van der Waals surface area (Å²) < 4.78 is 0. The molecule has 0 saturated carbocycles. The van der Waals surface area contributed by atoms with Gasteiger partial charge in [-0.1, -0.05) is 19.3 Å². The second-order valence-corrected chi connectivity index (χ2v) is 12.0. The van der Waals surface area contributed by atoms with Crippen LogP contribution in [0.5, 0.6) is 0 Å². The van der Waals surface area contributed by atoms with Crippen molar-refractivity contribution in [1.82, 2.24) is 0 Å². The molecule has 0 aliphatic carbocycles. The average Bonchev–Trinajstić information content (AvgIpc) is 2.02. The van der Waals surface area contributed by atoms with Gasteiger partial charge in [0, 0.05) is 15.9 Å². The number of hydrogen-bond donors (Lipinski definition) is 0. The van der Waals surface area contributed by atoms with Crippen molar-refractivity contribution in [3.8, 4) is 0 Å². The van der Waals surface area contributed by atoms with Crippen molar-refractivity contribution in [1.29, 1.82) is 0 Å². The molecule has 1 fully saturated rings. The fourth-order valence-electron chi connectivity index (χ4n) is 1.94. The maximum atomic E-state index is 3.17. The summed E-state index contributed by atoms with van der Waals surface area (Å²) in [6.07, 6.45) is 13.5. The van der Waals surface area contributed by atoms with Crippen LogP contribution in [0.25, 0.3) is 0 Å². The molecule has 0 bridgehead atoms. The molecule has 1 rings (SSSR count). The monoisotopic (exact) mass is 205 g/mol. The van der Waals surface area contributed by atoms with Crippen LogP contribution in [-0.2, 0) is 0 Å². The quantitative estimate of drug-likeness (QED) is 0.521. The third kappa shape index (κ3) is 4.78. The van der Waals surface area contributed by atoms with Gasteiger partial charge in [-0.15, -0.1) is 0 Å². The van der Waals surface area contributed by atoms with Crippen LogP contribution in [-0.4, -0.2) is 19.0 Å². The molecular formula is C10H23P2+. The first-order chi connectivity index (χ1) is 5.71. The van der Waals surface area contributed by atoms with Gasteiger partial charge >= 0.3 is 0 Å². The van der Waals surface area contributed by atoms with Gasteiger partial charge < -0.3 is 0 Å². The van der Waals surface area contributed by atoms with Crippen LogP contribution in [0, 0.1) is 0 Å². The van der Waals surface area contributed by atoms with E-state index < -0.39 is 6.95 Å². The van der Waals surface area contributed by atoms with Gasteiger partial charge in [0.2, 0.25) is 0 Å². The summed E-state index contributed by atoms with van der Waals surface area (Å²) in [6.45, 7) is 1.97. The normalized spacial score (nSPS) is 26.5. The molecule has 2 heteroatoms. The molecule has 1 aliphatic rings. The van der Waals surface area contributed by atoms with Crippen molar-refractivity contribution in [3.63, 3.8) is 0 Å². The fraction of sp³-hybridized carbons (Fsp3) is 1.00. The summed E-state index contributed by atoms with van der Waals surface area (Å²) in [5.41, 5.74) is 0. The summed E-state index contributed by atoms with van der Waals surface area (Å²) in [5, 5.41) is 0. The van der Waals surface area contributed by atoms with Crippen molar-refractivity contribution in [2.45, 2.75) is 44.9 Å². The fourth-order valence-corrected chi connectivity index (χ4v) is 5.15. The van der Waals surface area contributed by atoms with E-state index in [9.17, 15) is 0 Å². The molecule has 0 aromatic carbocycles. The molecule has 1 unspecified atom stereocenters. The van der Waals surface area contributed by atoms with Crippen molar-refractivity contribution >= 4 is 15.9 Å². The smallest absolute Gasteiger partial charge is 0.0533 e. The van der Waals surface area contributed by atoms with E-state index in [2.05, 4.69) is 15.6 Å². The van der Waals surface area contributed by atoms with Gasteiger partial charge in [-0.05, 0) is 25.7 Å². The summed E-state index contributed by atoms with van der Waals surface area (Å²) in [6, 6.07) is 0. The van der Waals surface area contributed by atoms with Crippen LogP contribution >= 0.6 is 15.9 Å². The van der Waals surface area contributed by atoms with Gasteiger partial charge in [0.15, 0.2) is 0 Å². The van der Waals surface area contributed by atoms with E-state index in [1.165, 1.54) is 57.3 Å². The predicted octanol–water partition coefficient (Wildman–Crippen LogP) is 4.17. The summed E-state index contributed by atoms with van der Waals surface area (Å²) >= 11 is 0. The molecule has 12 heavy (non-hydrogen) atoms. The molecule has 1 heterocycles. The first kappa shape index (κ1) is 10.9. The summed E-state index contributed by atoms with van der Waals surface area (Å²) in [4.78, 5) is 0. The van der Waals surface area contributed by atoms with Gasteiger partial charge in [0.1, 0.15) is 0 Å². The molecule has 0 nitrogen and oxygen atoms in total. The van der Waals surface area contributed by atoms with Gasteiger partial charge in [0.05, 0.1) is 19.0 Å². The van der Waals surface area contributed by atoms with Crippen LogP contribution in [0.15, 0.2) is 0 Å². The minimum Gasteiger partial charge on any atom is -0.0533 e. The first-order valence-corrected chi connectivity index (χ1v) is 9.56. The molecule has 0 spiro atoms. The maximum absolute atomic E-state index is 3.17. The number of rotatable bonds is 0. The van der Waals surface area contributed by atoms with Crippen molar-refractivity contribution in [3.05, 3.63) is 0 Å². The average molecular weight is 205 g/mol. The van der Waals surface area contributed by atoms with E-state index in [1.807, 2.05) is 0 Å². The van der Waals surface area contributed by atoms with Crippen LogP contribution in [0.1, 0.15) is 44.9 Å². The largest absolute Gasteiger partial charge is 0.0609 e. The van der Waals surface area contributed by atoms with Crippen molar-refractivity contribution < 1.29 is 0 Å². The Morgan fingerprint density at radius 1 is 0.750 bits per heavy atom. The Morgan fingerprint density at radius 3 is 1.50 bits per heavy atom. The summed E-state index contributed by atoms with van der Waals surface area (Å²) in [5.74, 6) is 0. The zero-order valence-electron chi connectivity index (χ0n) is 8.39. The topological polar surface area (TPSA) is 0 Å². The highest BCUT2D eigenvalue weighted by Crippen LogP contribution is 2.64.